The van der Waals surface area contributed by atoms with Crippen molar-refractivity contribution < 1.29 is 28.6 Å². The summed E-state index contributed by atoms with van der Waals surface area (Å²) in [5, 5.41) is 0. The van der Waals surface area contributed by atoms with E-state index in [0.717, 1.165) is 141 Å². The van der Waals surface area contributed by atoms with Crippen LogP contribution in [0.4, 0.5) is 0 Å². The largest absolute Gasteiger partial charge is 0.462 e. The number of carbonyl (C=O) groups is 3. The maximum atomic E-state index is 12.8. The summed E-state index contributed by atoms with van der Waals surface area (Å²) in [4.78, 5) is 37.8. The Morgan fingerprint density at radius 2 is 0.582 bits per heavy atom. The van der Waals surface area contributed by atoms with Crippen LogP contribution in [0.2, 0.25) is 0 Å². The molecule has 1 unspecified atom stereocenters. The van der Waals surface area contributed by atoms with Crippen LogP contribution in [0.3, 0.4) is 0 Å². The molecular weight excluding hydrogens is 829 g/mol. The number of rotatable bonds is 48. The van der Waals surface area contributed by atoms with E-state index in [1.807, 2.05) is 0 Å². The Morgan fingerprint density at radius 1 is 0.313 bits per heavy atom. The summed E-state index contributed by atoms with van der Waals surface area (Å²) < 4.78 is 16.7. The van der Waals surface area contributed by atoms with E-state index in [1.165, 1.54) is 57.8 Å². The van der Waals surface area contributed by atoms with Gasteiger partial charge in [-0.05, 0) is 103 Å². The molecule has 6 nitrogen and oxygen atoms in total. The highest BCUT2D eigenvalue weighted by atomic mass is 16.6. The lowest BCUT2D eigenvalue weighted by molar-refractivity contribution is -0.167. The molecule has 0 aliphatic carbocycles. The van der Waals surface area contributed by atoms with Crippen LogP contribution < -0.4 is 0 Å². The second-order valence-electron chi connectivity index (χ2n) is 17.7. The second-order valence-corrected chi connectivity index (χ2v) is 17.7. The molecule has 1 atom stereocenters. The smallest absolute Gasteiger partial charge is 0.306 e. The van der Waals surface area contributed by atoms with E-state index in [1.54, 1.807) is 0 Å². The number of ether oxygens (including phenoxy) is 3. The molecule has 0 aliphatic heterocycles. The lowest BCUT2D eigenvalue weighted by atomic mass is 10.1. The van der Waals surface area contributed by atoms with Gasteiger partial charge in [0.2, 0.25) is 0 Å². The van der Waals surface area contributed by atoms with E-state index in [0.29, 0.717) is 19.3 Å². The van der Waals surface area contributed by atoms with Crippen molar-refractivity contribution in [2.75, 3.05) is 13.2 Å². The van der Waals surface area contributed by atoms with Gasteiger partial charge in [0.05, 0.1) is 0 Å². The Labute approximate surface area is 412 Å². The highest BCUT2D eigenvalue weighted by Crippen LogP contribution is 2.14. The highest BCUT2D eigenvalue weighted by Gasteiger charge is 2.19. The first-order chi connectivity index (χ1) is 33.0. The molecule has 0 aromatic heterocycles. The maximum Gasteiger partial charge on any atom is 0.306 e. The van der Waals surface area contributed by atoms with Crippen molar-refractivity contribution in [1.82, 2.24) is 0 Å². The van der Waals surface area contributed by atoms with Crippen molar-refractivity contribution in [2.24, 2.45) is 0 Å². The third kappa shape index (κ3) is 52.9. The van der Waals surface area contributed by atoms with Crippen molar-refractivity contribution in [3.8, 4) is 0 Å². The Balaban J connectivity index is 4.19. The van der Waals surface area contributed by atoms with Crippen LogP contribution in [0.1, 0.15) is 239 Å². The average Bonchev–Trinajstić information content (AvgIpc) is 3.33. The molecular formula is C61H100O6. The lowest BCUT2D eigenvalue weighted by Gasteiger charge is -2.18. The number of unbranched alkanes of at least 4 members (excludes halogenated alkanes) is 19. The molecule has 0 aliphatic rings. The first-order valence-corrected chi connectivity index (χ1v) is 27.4. The second kappa shape index (κ2) is 54.7. The molecule has 0 rings (SSSR count). The fraction of sp³-hybridized carbons (Fsp3) is 0.656. The molecule has 380 valence electrons. The molecule has 0 saturated carbocycles. The monoisotopic (exact) mass is 929 g/mol. The van der Waals surface area contributed by atoms with Crippen LogP contribution in [0.25, 0.3) is 0 Å². The molecule has 67 heavy (non-hydrogen) atoms. The fourth-order valence-electron chi connectivity index (χ4n) is 7.22. The SMILES string of the molecule is CC/C=C\C/C=C\C/C=C\C/C=C\C/C=C\CCCCCCCC(=O)OC(COC(=O)CCCCCCC)COC(=O)CCCCCCCCCCCC/C=C\C/C=C\C/C=C\C/C=C\CC. The van der Waals surface area contributed by atoms with Gasteiger partial charge in [-0.25, -0.2) is 0 Å². The summed E-state index contributed by atoms with van der Waals surface area (Å²) in [5.74, 6) is -0.929. The van der Waals surface area contributed by atoms with Crippen LogP contribution in [-0.4, -0.2) is 37.2 Å². The van der Waals surface area contributed by atoms with Crippen LogP contribution in [0, 0.1) is 0 Å². The predicted molar refractivity (Wildman–Crippen MR) is 288 cm³/mol. The zero-order chi connectivity index (χ0) is 48.6. The molecule has 0 aromatic rings. The number of hydrogen-bond acceptors (Lipinski definition) is 6. The minimum atomic E-state index is -0.788. The summed E-state index contributed by atoms with van der Waals surface area (Å²) in [7, 11) is 0. The zero-order valence-corrected chi connectivity index (χ0v) is 43.4. The molecule has 6 heteroatoms. The fourth-order valence-corrected chi connectivity index (χ4v) is 7.22. The van der Waals surface area contributed by atoms with Crippen LogP contribution in [-0.2, 0) is 28.6 Å². The van der Waals surface area contributed by atoms with Gasteiger partial charge in [-0.1, -0.05) is 226 Å². The minimum Gasteiger partial charge on any atom is -0.462 e. The van der Waals surface area contributed by atoms with E-state index in [4.69, 9.17) is 14.2 Å². The van der Waals surface area contributed by atoms with E-state index in [9.17, 15) is 14.4 Å². The first kappa shape index (κ1) is 63.1. The molecule has 0 fully saturated rings. The van der Waals surface area contributed by atoms with Crippen molar-refractivity contribution in [3.05, 3.63) is 109 Å². The molecule has 0 spiro atoms. The molecule has 0 saturated heterocycles. The topological polar surface area (TPSA) is 78.9 Å². The predicted octanol–water partition coefficient (Wildman–Crippen LogP) is 18.3. The third-order valence-corrected chi connectivity index (χ3v) is 11.3. The Bertz CT molecular complexity index is 1390. The molecule has 0 amide bonds. The normalized spacial score (nSPS) is 12.9. The summed E-state index contributed by atoms with van der Waals surface area (Å²) in [6.45, 7) is 6.30. The first-order valence-electron chi connectivity index (χ1n) is 27.4. The molecule has 0 N–H and O–H groups in total. The van der Waals surface area contributed by atoms with Crippen LogP contribution >= 0.6 is 0 Å². The summed E-state index contributed by atoms with van der Waals surface area (Å²) in [6.07, 6.45) is 74.0. The van der Waals surface area contributed by atoms with Gasteiger partial charge < -0.3 is 14.2 Å². The van der Waals surface area contributed by atoms with Crippen molar-refractivity contribution in [1.29, 1.82) is 0 Å². The number of hydrogen-bond donors (Lipinski definition) is 0. The van der Waals surface area contributed by atoms with Crippen molar-refractivity contribution >= 4 is 17.9 Å². The molecule has 0 radical (unpaired) electrons. The molecule has 0 bridgehead atoms. The standard InChI is InChI=1S/C61H100O6/c1-4-7-10-13-15-17-19-21-23-25-27-29-30-32-33-35-37-39-41-43-45-48-51-54-60(63)66-57-58(56-65-59(62)53-50-47-12-9-6-3)67-61(64)55-52-49-46-44-42-40-38-36-34-31-28-26-24-22-20-18-16-14-11-8-5-2/h7-8,10-11,15-18,21-24,27-29,31,36,38,58H,4-6,9,12-14,19-20,25-26,30,32-35,37,39-57H2,1-3H3/b10-7-,11-8-,17-15-,18-16-,23-21-,24-22-,29-27-,31-28-,38-36-. The van der Waals surface area contributed by atoms with Gasteiger partial charge in [0, 0.05) is 19.3 Å². The quantitative estimate of drug-likeness (QED) is 0.0262. The Hall–Kier alpha value is -3.93. The maximum absolute atomic E-state index is 12.8. The van der Waals surface area contributed by atoms with E-state index in [-0.39, 0.29) is 31.1 Å². The van der Waals surface area contributed by atoms with Gasteiger partial charge in [0.15, 0.2) is 6.10 Å². The van der Waals surface area contributed by atoms with Gasteiger partial charge >= 0.3 is 17.9 Å². The van der Waals surface area contributed by atoms with E-state index in [2.05, 4.69) is 130 Å². The summed E-state index contributed by atoms with van der Waals surface area (Å²) in [5.41, 5.74) is 0. The average molecular weight is 929 g/mol. The number of allylic oxidation sites excluding steroid dienone is 18. The summed E-state index contributed by atoms with van der Waals surface area (Å²) in [6, 6.07) is 0. The lowest BCUT2D eigenvalue weighted by Crippen LogP contribution is -2.30. The van der Waals surface area contributed by atoms with Crippen molar-refractivity contribution in [2.45, 2.75) is 245 Å². The number of carbonyl (C=O) groups excluding carboxylic acids is 3. The highest BCUT2D eigenvalue weighted by molar-refractivity contribution is 5.71. The third-order valence-electron chi connectivity index (χ3n) is 11.3. The number of esters is 3. The van der Waals surface area contributed by atoms with Crippen molar-refractivity contribution in [3.63, 3.8) is 0 Å². The molecule has 0 heterocycles. The Kier molecular flexibility index (Phi) is 51.5. The van der Waals surface area contributed by atoms with Gasteiger partial charge in [-0.2, -0.15) is 0 Å². The van der Waals surface area contributed by atoms with Gasteiger partial charge in [-0.15, -0.1) is 0 Å². The molecule has 0 aromatic carbocycles. The minimum absolute atomic E-state index is 0.0894. The van der Waals surface area contributed by atoms with Gasteiger partial charge in [-0.3, -0.25) is 14.4 Å². The Morgan fingerprint density at radius 3 is 0.910 bits per heavy atom. The van der Waals surface area contributed by atoms with Gasteiger partial charge in [0.1, 0.15) is 13.2 Å². The van der Waals surface area contributed by atoms with E-state index >= 15 is 0 Å². The summed E-state index contributed by atoms with van der Waals surface area (Å²) >= 11 is 0. The van der Waals surface area contributed by atoms with E-state index < -0.39 is 6.10 Å². The van der Waals surface area contributed by atoms with Crippen LogP contribution in [0.15, 0.2) is 109 Å². The zero-order valence-electron chi connectivity index (χ0n) is 43.4. The van der Waals surface area contributed by atoms with Gasteiger partial charge in [0.25, 0.3) is 0 Å². The van der Waals surface area contributed by atoms with Crippen LogP contribution in [0.5, 0.6) is 0 Å².